The molecule has 1 rings (SSSR count). The Labute approximate surface area is 122 Å². The van der Waals surface area contributed by atoms with Gasteiger partial charge in [0, 0.05) is 17.6 Å². The van der Waals surface area contributed by atoms with Gasteiger partial charge in [0.2, 0.25) is 5.91 Å². The van der Waals surface area contributed by atoms with Crippen LogP contribution in [0, 0.1) is 0 Å². The normalized spacial score (nSPS) is 10.6. The van der Waals surface area contributed by atoms with Crippen molar-refractivity contribution < 1.29 is 9.59 Å². The minimum absolute atomic E-state index is 0.129. The van der Waals surface area contributed by atoms with Gasteiger partial charge in [0.1, 0.15) is 0 Å². The zero-order valence-corrected chi connectivity index (χ0v) is 12.4. The molecule has 0 aliphatic carbocycles. The highest BCUT2D eigenvalue weighted by molar-refractivity contribution is 6.36. The average molecular weight is 303 g/mol. The van der Waals surface area contributed by atoms with E-state index < -0.39 is 0 Å². The van der Waals surface area contributed by atoms with Crippen molar-refractivity contribution in [1.29, 1.82) is 0 Å². The lowest BCUT2D eigenvalue weighted by Crippen LogP contribution is -2.38. The minimum atomic E-state index is -0.154. The number of amides is 1. The summed E-state index contributed by atoms with van der Waals surface area (Å²) >= 11 is 11.8. The van der Waals surface area contributed by atoms with E-state index in [0.29, 0.717) is 22.2 Å². The van der Waals surface area contributed by atoms with Gasteiger partial charge in [0.25, 0.3) is 0 Å². The fourth-order valence-corrected chi connectivity index (χ4v) is 1.96. The van der Waals surface area contributed by atoms with Crippen molar-refractivity contribution in [3.8, 4) is 0 Å². The van der Waals surface area contributed by atoms with Crippen LogP contribution in [0.5, 0.6) is 0 Å². The molecule has 0 bridgehead atoms. The second kappa shape index (κ2) is 7.48. The highest BCUT2D eigenvalue weighted by Crippen LogP contribution is 2.21. The van der Waals surface area contributed by atoms with Crippen LogP contribution >= 0.6 is 23.2 Å². The first-order valence-electron chi connectivity index (χ1n) is 5.89. The maximum atomic E-state index is 12.1. The Morgan fingerprint density at radius 3 is 2.53 bits per heavy atom. The van der Waals surface area contributed by atoms with Gasteiger partial charge in [0.05, 0.1) is 18.1 Å². The maximum Gasteiger partial charge on any atom is 0.233 e. The monoisotopic (exact) mass is 302 g/mol. The third-order valence-corrected chi connectivity index (χ3v) is 3.25. The third-order valence-electron chi connectivity index (χ3n) is 2.69. The highest BCUT2D eigenvalue weighted by atomic mass is 35.5. The smallest absolute Gasteiger partial charge is 0.233 e. The first kappa shape index (κ1) is 16.0. The molecule has 0 saturated heterocycles. The number of hydrogen-bond acceptors (Lipinski definition) is 3. The van der Waals surface area contributed by atoms with Crippen LogP contribution in [0.2, 0.25) is 10.0 Å². The summed E-state index contributed by atoms with van der Waals surface area (Å²) < 4.78 is 0. The molecule has 0 unspecified atom stereocenters. The van der Waals surface area contributed by atoms with Crippen molar-refractivity contribution in [2.45, 2.75) is 6.92 Å². The Bertz CT molecular complexity index is 478. The molecular weight excluding hydrogens is 287 g/mol. The van der Waals surface area contributed by atoms with Crippen LogP contribution in [0.15, 0.2) is 18.2 Å². The van der Waals surface area contributed by atoms with Gasteiger partial charge in [0.15, 0.2) is 5.78 Å². The van der Waals surface area contributed by atoms with Gasteiger partial charge in [-0.2, -0.15) is 0 Å². The zero-order chi connectivity index (χ0) is 14.4. The summed E-state index contributed by atoms with van der Waals surface area (Å²) in [5, 5.41) is 3.35. The van der Waals surface area contributed by atoms with Crippen LogP contribution in [-0.2, 0) is 4.79 Å². The predicted octanol–water partition coefficient (Wildman–Crippen LogP) is 2.24. The van der Waals surface area contributed by atoms with E-state index in [1.54, 1.807) is 30.1 Å². The van der Waals surface area contributed by atoms with Gasteiger partial charge in [-0.15, -0.1) is 0 Å². The van der Waals surface area contributed by atoms with E-state index in [1.807, 2.05) is 6.92 Å². The van der Waals surface area contributed by atoms with Crippen molar-refractivity contribution in [1.82, 2.24) is 10.2 Å². The number of carbonyl (C=O) groups is 2. The molecule has 1 N–H and O–H groups in total. The van der Waals surface area contributed by atoms with Crippen LogP contribution < -0.4 is 5.32 Å². The molecule has 104 valence electrons. The molecule has 0 fully saturated rings. The van der Waals surface area contributed by atoms with E-state index in [4.69, 9.17) is 23.2 Å². The number of Topliss-reactive ketones (excluding diaryl/α,β-unsaturated/α-hetero) is 1. The molecule has 1 amide bonds. The zero-order valence-electron chi connectivity index (χ0n) is 10.9. The molecule has 0 saturated carbocycles. The average Bonchev–Trinajstić information content (AvgIpc) is 2.40. The molecule has 19 heavy (non-hydrogen) atoms. The van der Waals surface area contributed by atoms with Crippen molar-refractivity contribution in [2.75, 3.05) is 26.7 Å². The third kappa shape index (κ3) is 4.82. The van der Waals surface area contributed by atoms with E-state index >= 15 is 0 Å². The first-order chi connectivity index (χ1) is 8.97. The molecule has 0 radical (unpaired) electrons. The molecule has 6 heteroatoms. The van der Waals surface area contributed by atoms with Gasteiger partial charge >= 0.3 is 0 Å². The second-order valence-electron chi connectivity index (χ2n) is 4.02. The Morgan fingerprint density at radius 1 is 1.26 bits per heavy atom. The fourth-order valence-electron chi connectivity index (χ4n) is 1.56. The fraction of sp³-hybridized carbons (Fsp3) is 0.385. The molecule has 0 spiro atoms. The summed E-state index contributed by atoms with van der Waals surface area (Å²) in [6.45, 7) is 2.79. The van der Waals surface area contributed by atoms with Gasteiger partial charge < -0.3 is 5.32 Å². The number of ketones is 1. The lowest BCUT2D eigenvalue weighted by molar-refractivity contribution is -0.121. The Hall–Kier alpha value is -1.10. The summed E-state index contributed by atoms with van der Waals surface area (Å²) in [6, 6.07) is 4.76. The van der Waals surface area contributed by atoms with Gasteiger partial charge in [-0.25, -0.2) is 0 Å². The molecule has 4 nitrogen and oxygen atoms in total. The molecule has 1 aromatic rings. The molecule has 0 heterocycles. The number of halogens is 2. The lowest BCUT2D eigenvalue weighted by Gasteiger charge is -2.18. The number of nitrogens with one attached hydrogen (secondary N) is 1. The Balaban J connectivity index is 2.77. The van der Waals surface area contributed by atoms with Crippen LogP contribution in [0.3, 0.4) is 0 Å². The number of carbonyl (C=O) groups excluding carboxylic acids is 2. The molecule has 1 aromatic carbocycles. The summed E-state index contributed by atoms with van der Waals surface area (Å²) in [7, 11) is 1.56. The van der Waals surface area contributed by atoms with E-state index in [9.17, 15) is 9.59 Å². The number of benzene rings is 1. The number of rotatable bonds is 6. The van der Waals surface area contributed by atoms with Crippen molar-refractivity contribution in [2.24, 2.45) is 0 Å². The molecule has 0 aliphatic heterocycles. The predicted molar refractivity (Wildman–Crippen MR) is 77.0 cm³/mol. The first-order valence-corrected chi connectivity index (χ1v) is 6.64. The van der Waals surface area contributed by atoms with E-state index in [0.717, 1.165) is 0 Å². The van der Waals surface area contributed by atoms with Crippen LogP contribution in [-0.4, -0.2) is 43.3 Å². The summed E-state index contributed by atoms with van der Waals surface area (Å²) in [6.07, 6.45) is 0. The standard InChI is InChI=1S/C13H16Cl2N2O2/c1-3-17(8-13(19)16-2)7-12(18)10-6-9(14)4-5-11(10)15/h4-6H,3,7-8H2,1-2H3,(H,16,19). The van der Waals surface area contributed by atoms with Crippen LogP contribution in [0.25, 0.3) is 0 Å². The number of likely N-dealkylation sites (N-methyl/N-ethyl adjacent to an activating group) is 2. The van der Waals surface area contributed by atoms with Crippen LogP contribution in [0.1, 0.15) is 17.3 Å². The number of nitrogens with zero attached hydrogens (tertiary/aromatic N) is 1. The Kier molecular flexibility index (Phi) is 6.28. The molecular formula is C13H16Cl2N2O2. The minimum Gasteiger partial charge on any atom is -0.358 e. The van der Waals surface area contributed by atoms with Gasteiger partial charge in [-0.05, 0) is 24.7 Å². The maximum absolute atomic E-state index is 12.1. The summed E-state index contributed by atoms with van der Waals surface area (Å²) in [5.41, 5.74) is 0.379. The van der Waals surface area contributed by atoms with Gasteiger partial charge in [-0.1, -0.05) is 30.1 Å². The largest absolute Gasteiger partial charge is 0.358 e. The summed E-state index contributed by atoms with van der Waals surface area (Å²) in [5.74, 6) is -0.287. The Morgan fingerprint density at radius 2 is 1.95 bits per heavy atom. The van der Waals surface area contributed by atoms with Crippen molar-refractivity contribution in [3.63, 3.8) is 0 Å². The second-order valence-corrected chi connectivity index (χ2v) is 4.87. The molecule has 0 atom stereocenters. The van der Waals surface area contributed by atoms with E-state index in [1.165, 1.54) is 0 Å². The SMILES string of the molecule is CCN(CC(=O)NC)CC(=O)c1cc(Cl)ccc1Cl. The molecule has 0 aliphatic rings. The topological polar surface area (TPSA) is 49.4 Å². The lowest BCUT2D eigenvalue weighted by atomic mass is 10.1. The van der Waals surface area contributed by atoms with Crippen molar-refractivity contribution >= 4 is 34.9 Å². The van der Waals surface area contributed by atoms with Gasteiger partial charge in [-0.3, -0.25) is 14.5 Å². The number of hydrogen-bond donors (Lipinski definition) is 1. The van der Waals surface area contributed by atoms with E-state index in [-0.39, 0.29) is 24.8 Å². The van der Waals surface area contributed by atoms with Crippen molar-refractivity contribution in [3.05, 3.63) is 33.8 Å². The van der Waals surface area contributed by atoms with E-state index in [2.05, 4.69) is 5.32 Å². The molecule has 0 aromatic heterocycles. The highest BCUT2D eigenvalue weighted by Gasteiger charge is 2.16. The quantitative estimate of drug-likeness (QED) is 0.820. The van der Waals surface area contributed by atoms with Crippen LogP contribution in [0.4, 0.5) is 0 Å². The summed E-state index contributed by atoms with van der Waals surface area (Å²) in [4.78, 5) is 25.2.